The van der Waals surface area contributed by atoms with Crippen molar-refractivity contribution >= 4 is 16.0 Å². The van der Waals surface area contributed by atoms with Gasteiger partial charge >= 0.3 is 5.97 Å². The quantitative estimate of drug-likeness (QED) is 0.649. The summed E-state index contributed by atoms with van der Waals surface area (Å²) < 4.78 is 24.8. The first kappa shape index (κ1) is 14.9. The molecule has 0 fully saturated rings. The van der Waals surface area contributed by atoms with Crippen LogP contribution in [0, 0.1) is 11.3 Å². The molecule has 0 aromatic carbocycles. The number of carbonyl (C=O) groups is 1. The molecule has 1 atom stereocenters. The van der Waals surface area contributed by atoms with Gasteiger partial charge in [0.2, 0.25) is 10.0 Å². The summed E-state index contributed by atoms with van der Waals surface area (Å²) in [6.45, 7) is 1.89. The second-order valence-corrected chi connectivity index (χ2v) is 5.25. The van der Waals surface area contributed by atoms with E-state index in [0.29, 0.717) is 6.42 Å². The first-order chi connectivity index (χ1) is 7.43. The molecule has 0 saturated carbocycles. The minimum atomic E-state index is -3.67. The van der Waals surface area contributed by atoms with Gasteiger partial charge in [-0.2, -0.15) is 5.26 Å². The first-order valence-electron chi connectivity index (χ1n) is 5.02. The molecule has 0 bridgehead atoms. The number of nitriles is 1. The van der Waals surface area contributed by atoms with E-state index < -0.39 is 22.0 Å². The average Bonchev–Trinajstić information content (AvgIpc) is 2.21. The molecule has 0 radical (unpaired) electrons. The summed E-state index contributed by atoms with van der Waals surface area (Å²) in [5.41, 5.74) is 0. The van der Waals surface area contributed by atoms with Gasteiger partial charge in [-0.05, 0) is 6.42 Å². The Morgan fingerprint density at radius 2 is 2.19 bits per heavy atom. The van der Waals surface area contributed by atoms with Gasteiger partial charge in [0.05, 0.1) is 18.2 Å². The summed E-state index contributed by atoms with van der Waals surface area (Å²) in [5, 5.41) is 17.1. The summed E-state index contributed by atoms with van der Waals surface area (Å²) in [6.07, 6.45) is 1.55. The standard InChI is InChI=1S/C9H16N2O4S/c1-2-3-5-8(9(12)13)11-16(14,15)7-4-6-10/h8,11H,2-5,7H2,1H3,(H,12,13). The van der Waals surface area contributed by atoms with Crippen molar-refractivity contribution in [2.75, 3.05) is 5.75 Å². The van der Waals surface area contributed by atoms with Gasteiger partial charge in [-0.1, -0.05) is 19.8 Å². The van der Waals surface area contributed by atoms with E-state index in [2.05, 4.69) is 4.72 Å². The molecule has 1 unspecified atom stereocenters. The van der Waals surface area contributed by atoms with E-state index in [0.717, 1.165) is 6.42 Å². The van der Waals surface area contributed by atoms with Crippen molar-refractivity contribution in [3.05, 3.63) is 0 Å². The van der Waals surface area contributed by atoms with Crippen molar-refractivity contribution < 1.29 is 18.3 Å². The molecule has 16 heavy (non-hydrogen) atoms. The monoisotopic (exact) mass is 248 g/mol. The van der Waals surface area contributed by atoms with Crippen molar-refractivity contribution in [3.8, 4) is 6.07 Å². The Hall–Kier alpha value is -1.13. The number of carboxylic acid groups (broad SMARTS) is 1. The van der Waals surface area contributed by atoms with Crippen LogP contribution in [0.1, 0.15) is 32.6 Å². The lowest BCUT2D eigenvalue weighted by Gasteiger charge is -2.13. The summed E-state index contributed by atoms with van der Waals surface area (Å²) in [5.74, 6) is -1.55. The van der Waals surface area contributed by atoms with Gasteiger partial charge in [0.1, 0.15) is 6.04 Å². The maximum absolute atomic E-state index is 11.3. The number of sulfonamides is 1. The zero-order chi connectivity index (χ0) is 12.6. The highest BCUT2D eigenvalue weighted by atomic mass is 32.2. The molecule has 2 N–H and O–H groups in total. The second kappa shape index (κ2) is 7.19. The third-order valence-electron chi connectivity index (χ3n) is 1.95. The van der Waals surface area contributed by atoms with Gasteiger partial charge in [-0.25, -0.2) is 13.1 Å². The molecule has 0 amide bonds. The number of hydrogen-bond donors (Lipinski definition) is 2. The largest absolute Gasteiger partial charge is 0.480 e. The highest BCUT2D eigenvalue weighted by Crippen LogP contribution is 2.03. The van der Waals surface area contributed by atoms with E-state index >= 15 is 0 Å². The second-order valence-electron chi connectivity index (χ2n) is 3.38. The van der Waals surface area contributed by atoms with Crippen LogP contribution in [0.25, 0.3) is 0 Å². The number of aliphatic carboxylic acids is 1. The number of unbranched alkanes of at least 4 members (excludes halogenated alkanes) is 1. The fraction of sp³-hybridized carbons (Fsp3) is 0.778. The maximum atomic E-state index is 11.3. The van der Waals surface area contributed by atoms with E-state index in [1.54, 1.807) is 6.07 Å². The van der Waals surface area contributed by atoms with Crippen molar-refractivity contribution in [2.24, 2.45) is 0 Å². The first-order valence-corrected chi connectivity index (χ1v) is 6.68. The van der Waals surface area contributed by atoms with Crippen molar-refractivity contribution in [1.29, 1.82) is 5.26 Å². The highest BCUT2D eigenvalue weighted by molar-refractivity contribution is 7.89. The molecule has 92 valence electrons. The van der Waals surface area contributed by atoms with Crippen molar-refractivity contribution in [1.82, 2.24) is 4.72 Å². The van der Waals surface area contributed by atoms with Crippen LogP contribution in [-0.4, -0.2) is 31.3 Å². The highest BCUT2D eigenvalue weighted by Gasteiger charge is 2.22. The Kier molecular flexibility index (Phi) is 6.69. The van der Waals surface area contributed by atoms with Crippen molar-refractivity contribution in [3.63, 3.8) is 0 Å². The molecular formula is C9H16N2O4S. The van der Waals surface area contributed by atoms with Crippen LogP contribution in [0.15, 0.2) is 0 Å². The molecule has 0 heterocycles. The van der Waals surface area contributed by atoms with E-state index in [-0.39, 0.29) is 18.6 Å². The number of nitrogens with one attached hydrogen (secondary N) is 1. The predicted octanol–water partition coefficient (Wildman–Crippen LogP) is 0.463. The molecule has 0 aromatic rings. The van der Waals surface area contributed by atoms with Crippen molar-refractivity contribution in [2.45, 2.75) is 38.6 Å². The third-order valence-corrected chi connectivity index (χ3v) is 3.33. The summed E-state index contributed by atoms with van der Waals surface area (Å²) in [6, 6.07) is 0.609. The van der Waals surface area contributed by atoms with Crippen LogP contribution in [0.2, 0.25) is 0 Å². The normalized spacial score (nSPS) is 13.0. The number of nitrogens with zero attached hydrogens (tertiary/aromatic N) is 1. The van der Waals surface area contributed by atoms with Crippen LogP contribution in [0.3, 0.4) is 0 Å². The van der Waals surface area contributed by atoms with Gasteiger partial charge in [-0.3, -0.25) is 4.79 Å². The topological polar surface area (TPSA) is 107 Å². The van der Waals surface area contributed by atoms with Gasteiger partial charge in [-0.15, -0.1) is 0 Å². The van der Waals surface area contributed by atoms with Gasteiger partial charge in [0, 0.05) is 0 Å². The molecule has 0 aliphatic heterocycles. The Morgan fingerprint density at radius 3 is 2.62 bits per heavy atom. The van der Waals surface area contributed by atoms with Crippen LogP contribution in [-0.2, 0) is 14.8 Å². The summed E-state index contributed by atoms with van der Waals surface area (Å²) in [4.78, 5) is 10.8. The molecular weight excluding hydrogens is 232 g/mol. The molecule has 0 aromatic heterocycles. The SMILES string of the molecule is CCCCC(NS(=O)(=O)CCC#N)C(=O)O. The van der Waals surface area contributed by atoms with Crippen LogP contribution >= 0.6 is 0 Å². The molecule has 0 rings (SSSR count). The van der Waals surface area contributed by atoms with E-state index in [1.807, 2.05) is 6.92 Å². The molecule has 7 heteroatoms. The van der Waals surface area contributed by atoms with E-state index in [4.69, 9.17) is 10.4 Å². The lowest BCUT2D eigenvalue weighted by molar-refractivity contribution is -0.139. The Balaban J connectivity index is 4.39. The van der Waals surface area contributed by atoms with Crippen LogP contribution < -0.4 is 4.72 Å². The molecule has 0 saturated heterocycles. The average molecular weight is 248 g/mol. The predicted molar refractivity (Wildman–Crippen MR) is 58.1 cm³/mol. The van der Waals surface area contributed by atoms with E-state index in [1.165, 1.54) is 0 Å². The smallest absolute Gasteiger partial charge is 0.321 e. The van der Waals surface area contributed by atoms with Gasteiger partial charge < -0.3 is 5.11 Å². The maximum Gasteiger partial charge on any atom is 0.321 e. The molecule has 0 aliphatic rings. The fourth-order valence-electron chi connectivity index (χ4n) is 1.10. The Labute approximate surface area is 95.3 Å². The van der Waals surface area contributed by atoms with Crippen LogP contribution in [0.5, 0.6) is 0 Å². The minimum Gasteiger partial charge on any atom is -0.480 e. The Morgan fingerprint density at radius 1 is 1.56 bits per heavy atom. The summed E-state index contributed by atoms with van der Waals surface area (Å²) in [7, 11) is -3.67. The van der Waals surface area contributed by atoms with Gasteiger partial charge in [0.15, 0.2) is 0 Å². The Bertz CT molecular complexity index is 358. The number of carboxylic acids is 1. The number of rotatable bonds is 8. The minimum absolute atomic E-state index is 0.143. The lowest BCUT2D eigenvalue weighted by Crippen LogP contribution is -2.41. The molecule has 0 aliphatic carbocycles. The molecule has 6 nitrogen and oxygen atoms in total. The third kappa shape index (κ3) is 6.37. The number of hydrogen-bond acceptors (Lipinski definition) is 4. The molecule has 0 spiro atoms. The zero-order valence-electron chi connectivity index (χ0n) is 9.14. The lowest BCUT2D eigenvalue weighted by atomic mass is 10.1. The summed E-state index contributed by atoms with van der Waals surface area (Å²) >= 11 is 0. The fourth-order valence-corrected chi connectivity index (χ4v) is 2.23. The van der Waals surface area contributed by atoms with E-state index in [9.17, 15) is 13.2 Å². The van der Waals surface area contributed by atoms with Gasteiger partial charge in [0.25, 0.3) is 0 Å². The zero-order valence-corrected chi connectivity index (χ0v) is 9.96. The van der Waals surface area contributed by atoms with Crippen LogP contribution in [0.4, 0.5) is 0 Å².